The molecule has 2 fully saturated rings. The van der Waals surface area contributed by atoms with Crippen molar-refractivity contribution in [2.24, 2.45) is 29.6 Å². The zero-order valence-electron chi connectivity index (χ0n) is 41.4. The first-order chi connectivity index (χ1) is 32.6. The number of nitrogens with one attached hydrogen (secondary N) is 1. The maximum absolute atomic E-state index is 14.9. The number of aliphatic hydroxyl groups excluding tert-OH is 2. The van der Waals surface area contributed by atoms with Crippen LogP contribution in [-0.4, -0.2) is 112 Å². The van der Waals surface area contributed by atoms with Crippen molar-refractivity contribution in [3.63, 3.8) is 0 Å². The van der Waals surface area contributed by atoms with Crippen LogP contribution in [0.25, 0.3) is 31.2 Å². The van der Waals surface area contributed by atoms with Gasteiger partial charge in [-0.3, -0.25) is 24.1 Å². The molecular formula is C53H66N4O11S. The number of allylic oxidation sites excluding steroid dienone is 2. The third-order valence-corrected chi connectivity index (χ3v) is 16.1. The van der Waals surface area contributed by atoms with Crippen LogP contribution in [0, 0.1) is 36.5 Å². The number of esters is 1. The lowest BCUT2D eigenvalue weighted by molar-refractivity contribution is -0.160. The number of hydrogen-bond acceptors (Lipinski definition) is 15. The Kier molecular flexibility index (Phi) is 14.1. The molecule has 1 amide bonds. The average Bonchev–Trinajstić information content (AvgIpc) is 4.10. The molecular weight excluding hydrogens is 901 g/mol. The number of amides is 1. The quantitative estimate of drug-likeness (QED) is 0.0655. The lowest BCUT2D eigenvalue weighted by Crippen LogP contribution is -2.56. The molecule has 3 aromatic carbocycles. The molecule has 4 aliphatic rings. The van der Waals surface area contributed by atoms with Crippen molar-refractivity contribution < 1.29 is 48.7 Å². The summed E-state index contributed by atoms with van der Waals surface area (Å²) in [6, 6.07) is 6.62. The second kappa shape index (κ2) is 19.4. The van der Waals surface area contributed by atoms with Crippen LogP contribution < -0.4 is 20.4 Å². The van der Waals surface area contributed by atoms with Gasteiger partial charge in [0.25, 0.3) is 11.7 Å². The molecule has 4 N–H and O–H groups in total. The summed E-state index contributed by atoms with van der Waals surface area (Å²) in [6.45, 7) is 20.2. The Balaban J connectivity index is 1.29. The molecule has 4 bridgehead atoms. The fraction of sp³-hybridized carbons (Fsp3) is 0.528. The number of Topliss-reactive ketones (excluding diaryl/α,β-unsaturated/α-hetero) is 1. The number of aliphatic hydroxyl groups is 2. The van der Waals surface area contributed by atoms with E-state index in [1.165, 1.54) is 58.3 Å². The summed E-state index contributed by atoms with van der Waals surface area (Å²) in [5.41, 5.74) is 1.41. The van der Waals surface area contributed by atoms with Gasteiger partial charge in [0.2, 0.25) is 0 Å². The van der Waals surface area contributed by atoms with Crippen LogP contribution in [0.2, 0.25) is 0 Å². The zero-order valence-corrected chi connectivity index (χ0v) is 42.2. The molecule has 1 saturated heterocycles. The van der Waals surface area contributed by atoms with Gasteiger partial charge in [0.1, 0.15) is 17.5 Å². The zero-order chi connectivity index (χ0) is 50.0. The molecule has 1 saturated carbocycles. The van der Waals surface area contributed by atoms with Crippen LogP contribution in [0.3, 0.4) is 0 Å². The first kappa shape index (κ1) is 50.0. The fourth-order valence-corrected chi connectivity index (χ4v) is 11.5. The first-order valence-electron chi connectivity index (χ1n) is 24.1. The standard InChI is InChI=1S/C53H66N4O11S/c1-25-13-12-14-26(2)52(64)55-43-47(62)40-39(42-50(43)69-38-21-35(17-18-36(38)54-42)57-23-27(3)56(22-28(57)4)24-34-15-16-34)41-49(32(8)46(40)61)68-53(10,51(41)63)66-20-19-37(65-11)29(5)48(67-33(9)58)31(7)45(60)30(6)44(25)59/h12-14,17-21,25,27-31,34,37,44-45,48,59-60,62H,15-16,22-24H2,1-11H3,(H,55,64)/b13-12+,20-19+,26-14-/t25-,27+,28-,29+,30+,31+,37-,44-,45+,48+,53-/m0/s1. The van der Waals surface area contributed by atoms with E-state index < -0.39 is 82.7 Å². The number of methoxy groups -OCH3 is 1. The highest BCUT2D eigenvalue weighted by Gasteiger charge is 2.49. The van der Waals surface area contributed by atoms with Gasteiger partial charge in [0.15, 0.2) is 11.2 Å². The van der Waals surface area contributed by atoms with E-state index in [0.717, 1.165) is 35.9 Å². The highest BCUT2D eigenvalue weighted by Crippen LogP contribution is 2.50. The largest absolute Gasteiger partial charge is 0.505 e. The normalized spacial score (nSPS) is 32.4. The van der Waals surface area contributed by atoms with Crippen molar-refractivity contribution in [1.29, 1.82) is 0 Å². The van der Waals surface area contributed by atoms with Crippen LogP contribution in [0.4, 0.5) is 11.4 Å². The predicted octanol–water partition coefficient (Wildman–Crippen LogP) is 7.78. The van der Waals surface area contributed by atoms with Gasteiger partial charge in [0.05, 0.1) is 56.0 Å². The molecule has 1 aromatic heterocycles. The van der Waals surface area contributed by atoms with Gasteiger partial charge in [-0.2, -0.15) is 0 Å². The summed E-state index contributed by atoms with van der Waals surface area (Å²) in [5, 5.41) is 38.2. The lowest BCUT2D eigenvalue weighted by Gasteiger charge is -2.45. The maximum atomic E-state index is 14.9. The number of benzene rings is 3. The monoisotopic (exact) mass is 966 g/mol. The van der Waals surface area contributed by atoms with Crippen molar-refractivity contribution in [2.45, 2.75) is 124 Å². The third-order valence-electron chi connectivity index (χ3n) is 15.0. The van der Waals surface area contributed by atoms with Crippen LogP contribution in [-0.2, 0) is 23.8 Å². The van der Waals surface area contributed by atoms with E-state index in [1.807, 2.05) is 12.1 Å². The van der Waals surface area contributed by atoms with Crippen molar-refractivity contribution in [3.8, 4) is 11.5 Å². The van der Waals surface area contributed by atoms with Crippen LogP contribution in [0.1, 0.15) is 91.1 Å². The highest BCUT2D eigenvalue weighted by molar-refractivity contribution is 7.25. The fourth-order valence-electron chi connectivity index (χ4n) is 10.4. The lowest BCUT2D eigenvalue weighted by atomic mass is 9.78. The van der Waals surface area contributed by atoms with E-state index in [0.29, 0.717) is 16.3 Å². The number of anilines is 2. The number of aromatic hydroxyl groups is 1. The van der Waals surface area contributed by atoms with Gasteiger partial charge in [-0.05, 0) is 70.7 Å². The van der Waals surface area contributed by atoms with Gasteiger partial charge < -0.3 is 44.5 Å². The molecule has 0 radical (unpaired) electrons. The molecule has 15 nitrogen and oxygen atoms in total. The summed E-state index contributed by atoms with van der Waals surface area (Å²) < 4.78 is 25.2. The molecule has 8 rings (SSSR count). The molecule has 0 spiro atoms. The van der Waals surface area contributed by atoms with E-state index in [9.17, 15) is 34.5 Å². The molecule has 4 aromatic rings. The number of carbonyl (C=O) groups excluding carboxylic acids is 3. The van der Waals surface area contributed by atoms with Gasteiger partial charge in [-0.25, -0.2) is 4.98 Å². The SMILES string of the molecule is CO[C@H]1/C=C/O[C@@]2(C)Oc3c(C)c(=O)c4c(O)c(c5sc6cc(N7C[C@@H](C)N(CC8CC8)C[C@@H]7C)ccc6nc5c4c3C2=O)NC(=O)/C(C)=C\C=C\[C@H](C)[C@H](O)[C@@H](C)[C@@H](O)[C@@H](C)[C@H](OC(C)=O)[C@@H]1C. The number of hydrogen-bond donors (Lipinski definition) is 4. The van der Waals surface area contributed by atoms with Gasteiger partial charge in [-0.1, -0.05) is 45.9 Å². The predicted molar refractivity (Wildman–Crippen MR) is 268 cm³/mol. The van der Waals surface area contributed by atoms with E-state index >= 15 is 0 Å². The number of phenolic OH excluding ortho intramolecular Hbond substituents is 1. The smallest absolute Gasteiger partial charge is 0.312 e. The Morgan fingerprint density at radius 3 is 2.38 bits per heavy atom. The minimum Gasteiger partial charge on any atom is -0.505 e. The van der Waals surface area contributed by atoms with Crippen molar-refractivity contribution in [2.75, 3.05) is 37.0 Å². The third kappa shape index (κ3) is 9.38. The average molecular weight is 967 g/mol. The Bertz CT molecular complexity index is 2860. The van der Waals surface area contributed by atoms with Crippen molar-refractivity contribution in [1.82, 2.24) is 9.88 Å². The van der Waals surface area contributed by atoms with Gasteiger partial charge in [-0.15, -0.1) is 11.3 Å². The van der Waals surface area contributed by atoms with Gasteiger partial charge >= 0.3 is 11.8 Å². The first-order valence-corrected chi connectivity index (χ1v) is 24.9. The second-order valence-electron chi connectivity index (χ2n) is 20.1. The summed E-state index contributed by atoms with van der Waals surface area (Å²) >= 11 is 1.28. The molecule has 16 heteroatoms. The number of rotatable bonds is 5. The van der Waals surface area contributed by atoms with Crippen molar-refractivity contribution >= 4 is 71.6 Å². The van der Waals surface area contributed by atoms with E-state index in [-0.39, 0.29) is 50.5 Å². The summed E-state index contributed by atoms with van der Waals surface area (Å²) in [4.78, 5) is 66.2. The molecule has 1 aliphatic carbocycles. The maximum Gasteiger partial charge on any atom is 0.312 e. The number of ketones is 1. The number of carbonyl (C=O) groups is 3. The number of ether oxygens (including phenoxy) is 4. The Labute approximate surface area is 406 Å². The summed E-state index contributed by atoms with van der Waals surface area (Å²) in [7, 11) is 1.47. The number of fused-ring (bicyclic) bond motifs is 2. The second-order valence-corrected chi connectivity index (χ2v) is 21.2. The highest BCUT2D eigenvalue weighted by atomic mass is 32.1. The minimum atomic E-state index is -2.00. The molecule has 0 unspecified atom stereocenters. The number of piperazine rings is 1. The Morgan fingerprint density at radius 1 is 0.971 bits per heavy atom. The molecule has 69 heavy (non-hydrogen) atoms. The molecule has 370 valence electrons. The number of aromatic nitrogens is 1. The summed E-state index contributed by atoms with van der Waals surface area (Å²) in [5.74, 6) is -5.99. The Hall–Kier alpha value is -5.39. The number of nitrogens with zero attached hydrogens (tertiary/aromatic N) is 3. The van der Waals surface area contributed by atoms with E-state index in [1.54, 1.807) is 58.9 Å². The topological polar surface area (TPSA) is 197 Å². The van der Waals surface area contributed by atoms with Gasteiger partial charge in [0, 0.05) is 98.6 Å². The van der Waals surface area contributed by atoms with Crippen LogP contribution in [0.15, 0.2) is 59.1 Å². The van der Waals surface area contributed by atoms with E-state index in [4.69, 9.17) is 23.9 Å². The summed E-state index contributed by atoms with van der Waals surface area (Å²) in [6.07, 6.45) is 6.49. The minimum absolute atomic E-state index is 0.00535. The van der Waals surface area contributed by atoms with Crippen molar-refractivity contribution in [3.05, 3.63) is 75.7 Å². The molecule has 11 atom stereocenters. The Morgan fingerprint density at radius 2 is 1.70 bits per heavy atom. The van der Waals surface area contributed by atoms with Crippen LogP contribution >= 0.6 is 11.3 Å². The molecule has 3 aliphatic heterocycles. The van der Waals surface area contributed by atoms with E-state index in [2.05, 4.69) is 35.0 Å². The van der Waals surface area contributed by atoms with Crippen LogP contribution in [0.5, 0.6) is 11.5 Å². The number of phenols is 1. The molecule has 4 heterocycles.